The van der Waals surface area contributed by atoms with Gasteiger partial charge in [0.15, 0.2) is 0 Å². The maximum absolute atomic E-state index is 11.0. The number of carbonyl (C=O) groups excluding carboxylic acids is 1. The van der Waals surface area contributed by atoms with E-state index in [1.165, 1.54) is 0 Å². The molecule has 1 N–H and O–H groups in total. The van der Waals surface area contributed by atoms with Crippen LogP contribution in [0, 0.1) is 0 Å². The number of carbonyl (C=O) groups is 1. The molecule has 1 atom stereocenters. The minimum atomic E-state index is -0.338. The van der Waals surface area contributed by atoms with E-state index in [1.807, 2.05) is 12.1 Å². The number of hydrogen-bond donors (Lipinski definition) is 1. The van der Waals surface area contributed by atoms with Gasteiger partial charge in [-0.2, -0.15) is 0 Å². The summed E-state index contributed by atoms with van der Waals surface area (Å²) in [5.41, 5.74) is 2.30. The van der Waals surface area contributed by atoms with Gasteiger partial charge in [0.25, 0.3) is 0 Å². The first-order chi connectivity index (χ1) is 8.48. The summed E-state index contributed by atoms with van der Waals surface area (Å²) in [6.45, 7) is 12.3. The molecule has 1 aromatic carbocycles. The SMILES string of the molecule is CC(C)(C)c1cc(C(Br)C=O)cc(C(C)(C)C)c1O. The summed E-state index contributed by atoms with van der Waals surface area (Å²) in [6.07, 6.45) is 0.866. The highest BCUT2D eigenvalue weighted by Gasteiger charge is 2.27. The average molecular weight is 327 g/mol. The van der Waals surface area contributed by atoms with Crippen molar-refractivity contribution in [2.75, 3.05) is 0 Å². The van der Waals surface area contributed by atoms with E-state index in [4.69, 9.17) is 0 Å². The number of halogens is 1. The summed E-state index contributed by atoms with van der Waals surface area (Å²) in [6, 6.07) is 3.83. The summed E-state index contributed by atoms with van der Waals surface area (Å²) in [5.74, 6) is 0.342. The van der Waals surface area contributed by atoms with Gasteiger partial charge in [-0.3, -0.25) is 0 Å². The largest absolute Gasteiger partial charge is 0.507 e. The number of aldehydes is 1. The number of alkyl halides is 1. The van der Waals surface area contributed by atoms with Gasteiger partial charge in [0.05, 0.1) is 4.83 Å². The lowest BCUT2D eigenvalue weighted by Crippen LogP contribution is -2.18. The van der Waals surface area contributed by atoms with Gasteiger partial charge in [0, 0.05) is 0 Å². The van der Waals surface area contributed by atoms with E-state index in [0.717, 1.165) is 23.0 Å². The van der Waals surface area contributed by atoms with Crippen molar-refractivity contribution in [3.05, 3.63) is 28.8 Å². The molecule has 0 saturated carbocycles. The molecule has 19 heavy (non-hydrogen) atoms. The van der Waals surface area contributed by atoms with E-state index >= 15 is 0 Å². The number of phenols is 1. The zero-order chi connectivity index (χ0) is 15.0. The molecule has 0 aliphatic carbocycles. The topological polar surface area (TPSA) is 37.3 Å². The summed E-state index contributed by atoms with van der Waals surface area (Å²) in [5, 5.41) is 10.5. The van der Waals surface area contributed by atoms with Gasteiger partial charge in [-0.05, 0) is 39.7 Å². The Hall–Kier alpha value is -0.830. The highest BCUT2D eigenvalue weighted by molar-refractivity contribution is 9.09. The molecule has 0 bridgehead atoms. The first-order valence-electron chi connectivity index (χ1n) is 6.45. The molecule has 0 spiro atoms. The van der Waals surface area contributed by atoms with Crippen molar-refractivity contribution < 1.29 is 9.90 Å². The highest BCUT2D eigenvalue weighted by Crippen LogP contribution is 2.41. The fourth-order valence-corrected chi connectivity index (χ4v) is 2.30. The second-order valence-corrected chi connectivity index (χ2v) is 7.99. The van der Waals surface area contributed by atoms with E-state index in [0.29, 0.717) is 5.75 Å². The van der Waals surface area contributed by atoms with Gasteiger partial charge in [-0.25, -0.2) is 0 Å². The summed E-state index contributed by atoms with van der Waals surface area (Å²) < 4.78 is 0. The fourth-order valence-electron chi connectivity index (χ4n) is 2.04. The number of rotatable bonds is 2. The predicted octanol–water partition coefficient (Wildman–Crippen LogP) is 4.62. The first kappa shape index (κ1) is 16.2. The predicted molar refractivity (Wildman–Crippen MR) is 83.2 cm³/mol. The van der Waals surface area contributed by atoms with Crippen LogP contribution in [0.4, 0.5) is 0 Å². The van der Waals surface area contributed by atoms with Crippen LogP contribution >= 0.6 is 15.9 Å². The zero-order valence-corrected chi connectivity index (χ0v) is 14.1. The van der Waals surface area contributed by atoms with Gasteiger partial charge < -0.3 is 9.90 Å². The second-order valence-electron chi connectivity index (χ2n) is 7.00. The van der Waals surface area contributed by atoms with Gasteiger partial charge in [0.2, 0.25) is 0 Å². The van der Waals surface area contributed by atoms with Gasteiger partial charge in [0.1, 0.15) is 12.0 Å². The second kappa shape index (κ2) is 5.28. The van der Waals surface area contributed by atoms with Crippen molar-refractivity contribution in [3.8, 4) is 5.75 Å². The monoisotopic (exact) mass is 326 g/mol. The van der Waals surface area contributed by atoms with Crippen LogP contribution in [-0.2, 0) is 15.6 Å². The molecule has 1 unspecified atom stereocenters. The van der Waals surface area contributed by atoms with E-state index in [-0.39, 0.29) is 15.7 Å². The van der Waals surface area contributed by atoms with Crippen LogP contribution < -0.4 is 0 Å². The molecule has 1 rings (SSSR count). The van der Waals surface area contributed by atoms with Crippen LogP contribution in [0.3, 0.4) is 0 Å². The first-order valence-corrected chi connectivity index (χ1v) is 7.37. The molecule has 2 nitrogen and oxygen atoms in total. The summed E-state index contributed by atoms with van der Waals surface area (Å²) in [7, 11) is 0. The van der Waals surface area contributed by atoms with Gasteiger partial charge in [-0.15, -0.1) is 0 Å². The molecule has 0 aromatic heterocycles. The Morgan fingerprint density at radius 2 is 1.42 bits per heavy atom. The van der Waals surface area contributed by atoms with E-state index in [2.05, 4.69) is 57.5 Å². The Balaban J connectivity index is 3.62. The minimum absolute atomic E-state index is 0.171. The molecule has 0 amide bonds. The highest BCUT2D eigenvalue weighted by atomic mass is 79.9. The number of aromatic hydroxyl groups is 1. The molecular formula is C16H23BrO2. The third-order valence-electron chi connectivity index (χ3n) is 3.19. The van der Waals surface area contributed by atoms with Crippen LogP contribution in [-0.4, -0.2) is 11.4 Å². The van der Waals surface area contributed by atoms with Crippen molar-refractivity contribution in [1.29, 1.82) is 0 Å². The normalized spacial score (nSPS) is 14.3. The molecular weight excluding hydrogens is 304 g/mol. The van der Waals surface area contributed by atoms with Crippen LogP contribution in [0.15, 0.2) is 12.1 Å². The third kappa shape index (κ3) is 3.59. The Morgan fingerprint density at radius 1 is 1.05 bits per heavy atom. The van der Waals surface area contributed by atoms with E-state index in [9.17, 15) is 9.90 Å². The molecule has 3 heteroatoms. The van der Waals surface area contributed by atoms with E-state index < -0.39 is 0 Å². The molecule has 0 heterocycles. The lowest BCUT2D eigenvalue weighted by Gasteiger charge is -2.28. The van der Waals surface area contributed by atoms with Crippen molar-refractivity contribution in [2.45, 2.75) is 57.2 Å². The Kier molecular flexibility index (Phi) is 4.51. The molecule has 0 fully saturated rings. The van der Waals surface area contributed by atoms with Crippen molar-refractivity contribution in [1.82, 2.24) is 0 Å². The quantitative estimate of drug-likeness (QED) is 0.635. The smallest absolute Gasteiger partial charge is 0.138 e. The maximum Gasteiger partial charge on any atom is 0.138 e. The Morgan fingerprint density at radius 3 is 1.68 bits per heavy atom. The average Bonchev–Trinajstić information content (AvgIpc) is 2.25. The molecule has 0 aliphatic heterocycles. The van der Waals surface area contributed by atoms with Gasteiger partial charge in [-0.1, -0.05) is 57.5 Å². The van der Waals surface area contributed by atoms with E-state index in [1.54, 1.807) is 0 Å². The lowest BCUT2D eigenvalue weighted by molar-refractivity contribution is -0.107. The molecule has 0 aliphatic rings. The number of phenolic OH excluding ortho intramolecular Hbond substituents is 1. The van der Waals surface area contributed by atoms with Crippen LogP contribution in [0.5, 0.6) is 5.75 Å². The van der Waals surface area contributed by atoms with Crippen molar-refractivity contribution in [3.63, 3.8) is 0 Å². The third-order valence-corrected chi connectivity index (χ3v) is 3.93. The fraction of sp³-hybridized carbons (Fsp3) is 0.562. The minimum Gasteiger partial charge on any atom is -0.507 e. The number of hydrogen-bond acceptors (Lipinski definition) is 2. The molecule has 1 aromatic rings. The lowest BCUT2D eigenvalue weighted by atomic mass is 9.78. The summed E-state index contributed by atoms with van der Waals surface area (Å²) in [4.78, 5) is 10.7. The van der Waals surface area contributed by atoms with Crippen LogP contribution in [0.1, 0.15) is 63.1 Å². The molecule has 106 valence electrons. The molecule has 0 radical (unpaired) electrons. The standard InChI is InChI=1S/C16H23BrO2/c1-15(2,3)11-7-10(13(17)9-18)8-12(14(11)19)16(4,5)6/h7-9,13,19H,1-6H3. The Labute approximate surface area is 124 Å². The maximum atomic E-state index is 11.0. The number of benzene rings is 1. The van der Waals surface area contributed by atoms with Crippen LogP contribution in [0.2, 0.25) is 0 Å². The summed E-state index contributed by atoms with van der Waals surface area (Å²) >= 11 is 3.36. The van der Waals surface area contributed by atoms with Crippen molar-refractivity contribution >= 4 is 22.2 Å². The van der Waals surface area contributed by atoms with Gasteiger partial charge >= 0.3 is 0 Å². The van der Waals surface area contributed by atoms with Crippen molar-refractivity contribution in [2.24, 2.45) is 0 Å². The van der Waals surface area contributed by atoms with Crippen LogP contribution in [0.25, 0.3) is 0 Å². The molecule has 0 saturated heterocycles. The zero-order valence-electron chi connectivity index (χ0n) is 12.5. The Bertz CT molecular complexity index is 443.